The van der Waals surface area contributed by atoms with E-state index in [-0.39, 0.29) is 4.90 Å². The molecule has 2 heterocycles. The highest BCUT2D eigenvalue weighted by molar-refractivity contribution is 7.99. The number of hydrogen-bond donors (Lipinski definition) is 0. The number of pyridine rings is 1. The number of thioether (sulfide) groups is 1. The lowest BCUT2D eigenvalue weighted by molar-refractivity contribution is 0.445. The molecule has 0 atom stereocenters. The van der Waals surface area contributed by atoms with Gasteiger partial charge < -0.3 is 4.57 Å². The van der Waals surface area contributed by atoms with Crippen LogP contribution in [0.4, 0.5) is 0 Å². The van der Waals surface area contributed by atoms with Gasteiger partial charge in [-0.25, -0.2) is 8.42 Å². The fourth-order valence-electron chi connectivity index (χ4n) is 3.46. The van der Waals surface area contributed by atoms with Crippen molar-refractivity contribution in [1.82, 2.24) is 24.1 Å². The van der Waals surface area contributed by atoms with Crippen molar-refractivity contribution in [2.24, 2.45) is 5.92 Å². The molecule has 0 bridgehead atoms. The minimum atomic E-state index is -3.54. The zero-order chi connectivity index (χ0) is 23.1. The number of rotatable bonds is 11. The lowest BCUT2D eigenvalue weighted by atomic mass is 10.2. The summed E-state index contributed by atoms with van der Waals surface area (Å²) in [7, 11) is -3.54. The van der Waals surface area contributed by atoms with Crippen LogP contribution >= 0.6 is 11.8 Å². The summed E-state index contributed by atoms with van der Waals surface area (Å²) in [5.41, 5.74) is 1.99. The van der Waals surface area contributed by atoms with E-state index in [0.29, 0.717) is 24.8 Å². The predicted octanol–water partition coefficient (Wildman–Crippen LogP) is 4.36. The zero-order valence-electron chi connectivity index (χ0n) is 19.1. The quantitative estimate of drug-likeness (QED) is 0.385. The van der Waals surface area contributed by atoms with Crippen molar-refractivity contribution in [2.45, 2.75) is 50.7 Å². The van der Waals surface area contributed by atoms with Crippen LogP contribution in [0.15, 0.2) is 58.8 Å². The molecule has 0 aliphatic carbocycles. The Hall–Kier alpha value is -2.23. The molecule has 3 aromatic rings. The van der Waals surface area contributed by atoms with Crippen LogP contribution in [-0.4, -0.2) is 51.3 Å². The van der Waals surface area contributed by atoms with Crippen LogP contribution in [0.3, 0.4) is 0 Å². The number of benzene rings is 1. The lowest BCUT2D eigenvalue weighted by Gasteiger charge is -2.19. The van der Waals surface area contributed by atoms with E-state index in [9.17, 15) is 8.42 Å². The third kappa shape index (κ3) is 5.76. The number of aryl methyl sites for hydroxylation is 1. The summed E-state index contributed by atoms with van der Waals surface area (Å²) in [4.78, 5) is 4.34. The Morgan fingerprint density at radius 1 is 1.06 bits per heavy atom. The van der Waals surface area contributed by atoms with Gasteiger partial charge in [0.15, 0.2) is 11.0 Å². The van der Waals surface area contributed by atoms with Crippen LogP contribution in [0, 0.1) is 5.92 Å². The monoisotopic (exact) mass is 473 g/mol. The zero-order valence-corrected chi connectivity index (χ0v) is 20.7. The summed E-state index contributed by atoms with van der Waals surface area (Å²) in [6, 6.07) is 11.1. The molecule has 0 saturated heterocycles. The molecule has 7 nitrogen and oxygen atoms in total. The van der Waals surface area contributed by atoms with Crippen molar-refractivity contribution in [3.63, 3.8) is 0 Å². The first-order chi connectivity index (χ1) is 15.4. The van der Waals surface area contributed by atoms with Gasteiger partial charge in [0.25, 0.3) is 0 Å². The lowest BCUT2D eigenvalue weighted by Crippen LogP contribution is -2.30. The summed E-state index contributed by atoms with van der Waals surface area (Å²) in [5, 5.41) is 9.73. The average Bonchev–Trinajstić information content (AvgIpc) is 3.17. The second-order valence-electron chi connectivity index (χ2n) is 7.88. The molecule has 0 aliphatic heterocycles. The van der Waals surface area contributed by atoms with E-state index in [4.69, 9.17) is 0 Å². The first-order valence-electron chi connectivity index (χ1n) is 10.9. The minimum absolute atomic E-state index is 0.282. The topological polar surface area (TPSA) is 81.0 Å². The maximum Gasteiger partial charge on any atom is 0.243 e. The van der Waals surface area contributed by atoms with E-state index >= 15 is 0 Å². The molecular weight excluding hydrogens is 442 g/mol. The highest BCUT2D eigenvalue weighted by Gasteiger charge is 2.23. The minimum Gasteiger partial charge on any atom is -0.302 e. The van der Waals surface area contributed by atoms with Crippen molar-refractivity contribution < 1.29 is 8.42 Å². The second kappa shape index (κ2) is 11.1. The summed E-state index contributed by atoms with van der Waals surface area (Å²) < 4.78 is 29.6. The van der Waals surface area contributed by atoms with Gasteiger partial charge in [-0.2, -0.15) is 4.31 Å². The Labute approximate surface area is 195 Å². The van der Waals surface area contributed by atoms with E-state index in [0.717, 1.165) is 29.4 Å². The maximum atomic E-state index is 13.0. The van der Waals surface area contributed by atoms with Gasteiger partial charge in [-0.15, -0.1) is 10.2 Å². The van der Waals surface area contributed by atoms with Crippen molar-refractivity contribution in [3.8, 4) is 11.4 Å². The van der Waals surface area contributed by atoms with Gasteiger partial charge in [0.05, 0.1) is 4.90 Å². The van der Waals surface area contributed by atoms with Crippen molar-refractivity contribution in [3.05, 3.63) is 54.4 Å². The van der Waals surface area contributed by atoms with Crippen molar-refractivity contribution >= 4 is 21.8 Å². The molecule has 32 heavy (non-hydrogen) atoms. The van der Waals surface area contributed by atoms with E-state index < -0.39 is 10.0 Å². The molecule has 0 fully saturated rings. The Morgan fingerprint density at radius 2 is 1.78 bits per heavy atom. The smallest absolute Gasteiger partial charge is 0.243 e. The Morgan fingerprint density at radius 3 is 2.44 bits per heavy atom. The molecule has 0 aliphatic rings. The number of aromatic nitrogens is 4. The van der Waals surface area contributed by atoms with Gasteiger partial charge in [0.2, 0.25) is 10.0 Å². The Balaban J connectivity index is 1.89. The third-order valence-electron chi connectivity index (χ3n) is 5.07. The molecule has 0 saturated carbocycles. The van der Waals surface area contributed by atoms with Crippen LogP contribution in [-0.2, 0) is 23.0 Å². The van der Waals surface area contributed by atoms with Crippen molar-refractivity contribution in [1.29, 1.82) is 0 Å². The SMILES string of the molecule is CCN(CC)S(=O)(=O)c1cccc(-c2nnc(SCCc3ccncc3)n2CC(C)C)c1. The standard InChI is InChI=1S/C23H31N5O2S2/c1-5-27(6-2)32(29,30)21-9-7-8-20(16-21)22-25-26-23(28(22)17-18(3)4)31-15-12-19-10-13-24-14-11-19/h7-11,13-14,16,18H,5-6,12,15,17H2,1-4H3. The molecule has 2 aromatic heterocycles. The van der Waals surface area contributed by atoms with E-state index in [2.05, 4.69) is 33.6 Å². The van der Waals surface area contributed by atoms with Crippen LogP contribution < -0.4 is 0 Å². The molecule has 9 heteroatoms. The predicted molar refractivity (Wildman–Crippen MR) is 129 cm³/mol. The van der Waals surface area contributed by atoms with Crippen molar-refractivity contribution in [2.75, 3.05) is 18.8 Å². The summed E-state index contributed by atoms with van der Waals surface area (Å²) in [5.74, 6) is 1.96. The highest BCUT2D eigenvalue weighted by atomic mass is 32.2. The molecule has 0 N–H and O–H groups in total. The van der Waals surface area contributed by atoms with Crippen LogP contribution in [0.25, 0.3) is 11.4 Å². The number of sulfonamides is 1. The average molecular weight is 474 g/mol. The van der Waals surface area contributed by atoms with Crippen LogP contribution in [0.2, 0.25) is 0 Å². The number of hydrogen-bond acceptors (Lipinski definition) is 6. The van der Waals surface area contributed by atoms with E-state index in [1.165, 1.54) is 9.87 Å². The molecule has 0 radical (unpaired) electrons. The van der Waals surface area contributed by atoms with Gasteiger partial charge in [-0.3, -0.25) is 4.98 Å². The highest BCUT2D eigenvalue weighted by Crippen LogP contribution is 2.28. The molecular formula is C23H31N5O2S2. The van der Waals surface area contributed by atoms with E-state index in [1.54, 1.807) is 42.4 Å². The van der Waals surface area contributed by atoms with Gasteiger partial charge in [0.1, 0.15) is 0 Å². The van der Waals surface area contributed by atoms with E-state index in [1.807, 2.05) is 32.0 Å². The van der Waals surface area contributed by atoms with Gasteiger partial charge in [-0.1, -0.05) is 51.6 Å². The summed E-state index contributed by atoms with van der Waals surface area (Å²) in [6.45, 7) is 9.62. The fraction of sp³-hybridized carbons (Fsp3) is 0.435. The molecule has 0 amide bonds. The molecule has 1 aromatic carbocycles. The van der Waals surface area contributed by atoms with Crippen LogP contribution in [0.1, 0.15) is 33.3 Å². The third-order valence-corrected chi connectivity index (χ3v) is 8.09. The number of nitrogens with zero attached hydrogens (tertiary/aromatic N) is 5. The molecule has 3 rings (SSSR count). The van der Waals surface area contributed by atoms with Gasteiger partial charge >= 0.3 is 0 Å². The molecule has 0 unspecified atom stereocenters. The maximum absolute atomic E-state index is 13.0. The second-order valence-corrected chi connectivity index (χ2v) is 10.9. The molecule has 172 valence electrons. The Bertz CT molecular complexity index is 1110. The summed E-state index contributed by atoms with van der Waals surface area (Å²) >= 11 is 1.66. The normalized spacial score (nSPS) is 12.1. The molecule has 0 spiro atoms. The Kier molecular flexibility index (Phi) is 8.44. The first kappa shape index (κ1) is 24.4. The fourth-order valence-corrected chi connectivity index (χ4v) is 5.90. The summed E-state index contributed by atoms with van der Waals surface area (Å²) in [6.07, 6.45) is 4.52. The largest absolute Gasteiger partial charge is 0.302 e. The van der Waals surface area contributed by atoms with Crippen LogP contribution in [0.5, 0.6) is 0 Å². The first-order valence-corrected chi connectivity index (χ1v) is 13.3. The van der Waals surface area contributed by atoms with Gasteiger partial charge in [0, 0.05) is 43.3 Å². The van der Waals surface area contributed by atoms with Gasteiger partial charge in [-0.05, 0) is 42.2 Å².